The van der Waals surface area contributed by atoms with E-state index in [0.717, 1.165) is 23.5 Å². The number of nitrogens with two attached hydrogens (primary N) is 1. The van der Waals surface area contributed by atoms with Crippen LogP contribution in [-0.2, 0) is 16.2 Å². The van der Waals surface area contributed by atoms with Crippen molar-refractivity contribution >= 4 is 85.8 Å². The predicted molar refractivity (Wildman–Crippen MR) is 177 cm³/mol. The number of anilines is 1. The summed E-state index contributed by atoms with van der Waals surface area (Å²) in [7, 11) is 0. The van der Waals surface area contributed by atoms with Gasteiger partial charge in [-0.3, -0.25) is 4.57 Å². The predicted octanol–water partition coefficient (Wildman–Crippen LogP) is 4.12. The molecule has 5 N–H and O–H groups in total. The van der Waals surface area contributed by atoms with E-state index >= 15 is 0 Å². The van der Waals surface area contributed by atoms with Crippen LogP contribution >= 0.6 is 46.7 Å². The van der Waals surface area contributed by atoms with E-state index in [1.165, 1.54) is 4.57 Å². The van der Waals surface area contributed by atoms with Crippen LogP contribution in [0.5, 0.6) is 0 Å². The van der Waals surface area contributed by atoms with Gasteiger partial charge in [0.25, 0.3) is 0 Å². The summed E-state index contributed by atoms with van der Waals surface area (Å²) in [5.74, 6) is 0.0729. The average Bonchev–Trinajstić information content (AvgIpc) is 3.54. The number of hydrogen-bond donors (Lipinski definition) is 4. The molecular weight excluding hydrogens is 693 g/mol. The maximum absolute atomic E-state index is 12.8. The van der Waals surface area contributed by atoms with Crippen molar-refractivity contribution in [2.75, 3.05) is 12.3 Å². The molecule has 0 radical (unpaired) electrons. The molecule has 2 aromatic carbocycles. The van der Waals surface area contributed by atoms with Gasteiger partial charge < -0.3 is 34.6 Å². The van der Waals surface area contributed by atoms with E-state index in [0.29, 0.717) is 48.1 Å². The van der Waals surface area contributed by atoms with Gasteiger partial charge in [0.05, 0.1) is 6.61 Å². The number of imidazole rings is 1. The minimum atomic E-state index is -1.47. The van der Waals surface area contributed by atoms with Crippen LogP contribution in [0.15, 0.2) is 77.1 Å². The third-order valence-electron chi connectivity index (χ3n) is 7.52. The Morgan fingerprint density at radius 1 is 0.830 bits per heavy atom. The summed E-state index contributed by atoms with van der Waals surface area (Å²) < 4.78 is 18.2. The lowest BCUT2D eigenvalue weighted by molar-refractivity contribution is -0.0548. The number of aliphatic hydroxyl groups excluding tert-OH is 3. The molecule has 5 heterocycles. The molecule has 1 aliphatic rings. The summed E-state index contributed by atoms with van der Waals surface area (Å²) in [5.41, 5.74) is 6.88. The number of benzene rings is 2. The zero-order chi connectivity index (χ0) is 33.0. The number of aromatic nitrogens is 4. The number of nitrogens with zero attached hydrogens (tertiary/aromatic N) is 4. The maximum Gasteiger partial charge on any atom is 0.340 e. The molecule has 13 nitrogen and oxygen atoms in total. The first-order valence-corrected chi connectivity index (χ1v) is 16.7. The van der Waals surface area contributed by atoms with Crippen LogP contribution in [0.1, 0.15) is 17.4 Å². The molecule has 242 valence electrons. The summed E-state index contributed by atoms with van der Waals surface area (Å²) in [6.07, 6.45) is -5.20. The Kier molecular flexibility index (Phi) is 8.65. The van der Waals surface area contributed by atoms with Crippen molar-refractivity contribution in [1.82, 2.24) is 19.5 Å². The third kappa shape index (κ3) is 6.09. The Labute approximate surface area is 282 Å². The smallest absolute Gasteiger partial charge is 0.340 e. The van der Waals surface area contributed by atoms with E-state index in [-0.39, 0.29) is 33.8 Å². The van der Waals surface area contributed by atoms with Gasteiger partial charge in [-0.25, -0.2) is 19.6 Å². The van der Waals surface area contributed by atoms with Gasteiger partial charge in [0.1, 0.15) is 40.0 Å². The number of halogens is 2. The topological polar surface area (TPSA) is 200 Å². The van der Waals surface area contributed by atoms with E-state index in [1.54, 1.807) is 48.5 Å². The summed E-state index contributed by atoms with van der Waals surface area (Å²) in [6, 6.07) is 13.2. The highest BCUT2D eigenvalue weighted by atomic mass is 35.5. The Balaban J connectivity index is 1.28. The lowest BCUT2D eigenvalue weighted by Gasteiger charge is -2.19. The van der Waals surface area contributed by atoms with Gasteiger partial charge in [-0.15, -0.1) is 0 Å². The van der Waals surface area contributed by atoms with E-state index < -0.39 is 42.4 Å². The zero-order valence-electron chi connectivity index (χ0n) is 23.9. The van der Waals surface area contributed by atoms with Crippen LogP contribution in [-0.4, -0.2) is 59.8 Å². The van der Waals surface area contributed by atoms with Crippen LogP contribution in [0.2, 0.25) is 10.0 Å². The van der Waals surface area contributed by atoms with Gasteiger partial charge in [0.15, 0.2) is 17.0 Å². The number of rotatable bonds is 8. The number of nitrogen functional groups attached to an aromatic ring is 1. The molecule has 47 heavy (non-hydrogen) atoms. The molecule has 0 aliphatic carbocycles. The highest BCUT2D eigenvalue weighted by molar-refractivity contribution is 7.98. The van der Waals surface area contributed by atoms with Gasteiger partial charge in [0.2, 0.25) is 5.95 Å². The van der Waals surface area contributed by atoms with Gasteiger partial charge in [0, 0.05) is 43.5 Å². The van der Waals surface area contributed by atoms with Crippen LogP contribution in [0.25, 0.3) is 33.1 Å². The summed E-state index contributed by atoms with van der Waals surface area (Å²) >= 11 is 14.5. The van der Waals surface area contributed by atoms with Crippen molar-refractivity contribution in [2.24, 2.45) is 0 Å². The largest absolute Gasteiger partial charge is 0.423 e. The number of aliphatic hydroxyl groups is 3. The molecule has 0 unspecified atom stereocenters. The molecule has 1 aliphatic heterocycles. The van der Waals surface area contributed by atoms with E-state index in [2.05, 4.69) is 9.97 Å². The highest BCUT2D eigenvalue weighted by Gasteiger charge is 2.45. The summed E-state index contributed by atoms with van der Waals surface area (Å²) in [6.45, 7) is -0.553. The van der Waals surface area contributed by atoms with Crippen molar-refractivity contribution in [3.8, 4) is 0 Å². The first kappa shape index (κ1) is 31.9. The van der Waals surface area contributed by atoms with Crippen molar-refractivity contribution in [3.63, 3.8) is 0 Å². The Morgan fingerprint density at radius 2 is 1.43 bits per heavy atom. The molecule has 0 saturated carbocycles. The van der Waals surface area contributed by atoms with Crippen molar-refractivity contribution in [3.05, 3.63) is 90.5 Å². The van der Waals surface area contributed by atoms with Crippen molar-refractivity contribution < 1.29 is 28.9 Å². The average molecular weight is 717 g/mol. The van der Waals surface area contributed by atoms with Crippen molar-refractivity contribution in [2.45, 2.75) is 46.2 Å². The molecule has 4 aromatic heterocycles. The Bertz CT molecular complexity index is 2300. The molecule has 0 spiro atoms. The maximum atomic E-state index is 12.8. The normalized spacial score (nSPS) is 19.8. The van der Waals surface area contributed by atoms with E-state index in [1.807, 2.05) is 0 Å². The molecular formula is C30H23Cl2N5O8S2. The molecule has 6 aromatic rings. The zero-order valence-corrected chi connectivity index (χ0v) is 27.0. The molecule has 0 amide bonds. The van der Waals surface area contributed by atoms with Crippen LogP contribution in [0.4, 0.5) is 5.95 Å². The fourth-order valence-electron chi connectivity index (χ4n) is 5.23. The molecule has 1 fully saturated rings. The van der Waals surface area contributed by atoms with Crippen LogP contribution in [0.3, 0.4) is 0 Å². The molecule has 7 rings (SSSR count). The first-order valence-electron chi connectivity index (χ1n) is 14.0. The quantitative estimate of drug-likeness (QED) is 0.0996. The minimum absolute atomic E-state index is 0.0784. The minimum Gasteiger partial charge on any atom is -0.423 e. The van der Waals surface area contributed by atoms with Gasteiger partial charge in [-0.05, 0) is 48.5 Å². The molecule has 0 bridgehead atoms. The summed E-state index contributed by atoms with van der Waals surface area (Å²) in [5, 5.41) is 34.0. The second-order valence-electron chi connectivity index (χ2n) is 10.6. The lowest BCUT2D eigenvalue weighted by Crippen LogP contribution is -2.33. The van der Waals surface area contributed by atoms with E-state index in [4.69, 9.17) is 47.5 Å². The summed E-state index contributed by atoms with van der Waals surface area (Å²) in [4.78, 5) is 39.1. The third-order valence-corrected chi connectivity index (χ3v) is 10.0. The van der Waals surface area contributed by atoms with Gasteiger partial charge in [-0.2, -0.15) is 4.98 Å². The second kappa shape index (κ2) is 12.7. The van der Waals surface area contributed by atoms with Crippen molar-refractivity contribution in [1.29, 1.82) is 0 Å². The number of fused-ring (bicyclic) bond motifs is 3. The molecule has 4 atom stereocenters. The standard InChI is InChI=1S/C30H23Cl2N5O8S2/c31-16-1-3-18-12(7-16)5-14(27(41)44-18)10-46-25-21-24(35-29(33)36-25)37(26-23(40)22(39)20(9-38)43-26)30(34-21)47-11-15-6-13-8-17(32)2-4-19(13)45-28(15)42/h1-8,20,22-23,26,38-40H,9-11H2,(H2,33,35,36)/t20-,22-,23-,26-/m1/s1. The lowest BCUT2D eigenvalue weighted by atomic mass is 10.1. The number of hydrogen-bond acceptors (Lipinski definition) is 14. The van der Waals surface area contributed by atoms with Gasteiger partial charge in [-0.1, -0.05) is 46.7 Å². The molecule has 17 heteroatoms. The monoisotopic (exact) mass is 715 g/mol. The second-order valence-corrected chi connectivity index (χ2v) is 13.4. The van der Waals surface area contributed by atoms with E-state index in [9.17, 15) is 24.9 Å². The SMILES string of the molecule is Nc1nc(SCc2cc3cc(Cl)ccc3oc2=O)c2nc(SCc3cc4cc(Cl)ccc4oc3=O)n([C@@H]3O[C@H](CO)[C@@H](O)[C@H]3O)c2n1. The fraction of sp³-hybridized carbons (Fsp3) is 0.233. The fourth-order valence-corrected chi connectivity index (χ4v) is 7.49. The molecule has 1 saturated heterocycles. The Hall–Kier alpha value is -3.67. The first-order chi connectivity index (χ1) is 22.6. The number of ether oxygens (including phenoxy) is 1. The van der Waals surface area contributed by atoms with Crippen LogP contribution in [0, 0.1) is 0 Å². The van der Waals surface area contributed by atoms with Crippen LogP contribution < -0.4 is 17.0 Å². The van der Waals surface area contributed by atoms with Gasteiger partial charge >= 0.3 is 11.3 Å². The number of thioether (sulfide) groups is 2. The Morgan fingerprint density at radius 3 is 2.00 bits per heavy atom. The highest BCUT2D eigenvalue weighted by Crippen LogP contribution is 2.39.